The van der Waals surface area contributed by atoms with Gasteiger partial charge in [0, 0.05) is 25.3 Å². The third-order valence-corrected chi connectivity index (χ3v) is 5.85. The Morgan fingerprint density at radius 1 is 1.14 bits per heavy atom. The smallest absolute Gasteiger partial charge is 0.353 e. The third kappa shape index (κ3) is 5.94. The summed E-state index contributed by atoms with van der Waals surface area (Å²) in [6.45, 7) is 5.29. The van der Waals surface area contributed by atoms with Crippen LogP contribution in [0.2, 0.25) is 0 Å². The van der Waals surface area contributed by atoms with Gasteiger partial charge in [0.2, 0.25) is 17.6 Å². The van der Waals surface area contributed by atoms with Gasteiger partial charge in [0.05, 0.1) is 31.3 Å². The number of nitrogens with zero attached hydrogens (tertiary/aromatic N) is 4. The van der Waals surface area contributed by atoms with Crippen molar-refractivity contribution in [3.8, 4) is 5.75 Å². The molecule has 184 valence electrons. The standard InChI is InChI=1S/C24H29N7O4/c1-16-3-7-18(8-4-16)27-23-21(31(32)33)22(25)28-24(29-23)26-15-20(30-11-13-35-14-12-30)17-5-9-19(34-2)10-6-17/h3-10,20H,11-15H2,1-2H3,(H4,25,26,27,28,29)/t20-/m1/s1. The van der Waals surface area contributed by atoms with E-state index in [0.29, 0.717) is 25.4 Å². The zero-order chi connectivity index (χ0) is 24.8. The second-order valence-corrected chi connectivity index (χ2v) is 8.20. The number of anilines is 4. The van der Waals surface area contributed by atoms with Crippen LogP contribution in [0.4, 0.5) is 29.0 Å². The molecule has 1 aromatic heterocycles. The molecule has 0 spiro atoms. The van der Waals surface area contributed by atoms with Crippen molar-refractivity contribution in [2.24, 2.45) is 0 Å². The van der Waals surface area contributed by atoms with Crippen LogP contribution in [0, 0.1) is 17.0 Å². The van der Waals surface area contributed by atoms with Gasteiger partial charge in [0.1, 0.15) is 5.75 Å². The fourth-order valence-electron chi connectivity index (χ4n) is 3.95. The molecule has 35 heavy (non-hydrogen) atoms. The zero-order valence-electron chi connectivity index (χ0n) is 19.7. The fourth-order valence-corrected chi connectivity index (χ4v) is 3.95. The average molecular weight is 480 g/mol. The molecule has 1 aliphatic rings. The summed E-state index contributed by atoms with van der Waals surface area (Å²) in [7, 11) is 1.63. The van der Waals surface area contributed by atoms with Crippen molar-refractivity contribution in [1.29, 1.82) is 0 Å². The Morgan fingerprint density at radius 3 is 2.46 bits per heavy atom. The van der Waals surface area contributed by atoms with E-state index in [-0.39, 0.29) is 29.3 Å². The van der Waals surface area contributed by atoms with E-state index in [1.165, 1.54) is 0 Å². The molecule has 0 bridgehead atoms. The van der Waals surface area contributed by atoms with Gasteiger partial charge in [-0.25, -0.2) is 0 Å². The molecule has 1 fully saturated rings. The maximum absolute atomic E-state index is 11.7. The Morgan fingerprint density at radius 2 is 1.83 bits per heavy atom. The number of hydrogen-bond acceptors (Lipinski definition) is 10. The topological polar surface area (TPSA) is 141 Å². The number of nitrogen functional groups attached to an aromatic ring is 1. The number of hydrogen-bond donors (Lipinski definition) is 3. The molecule has 11 nitrogen and oxygen atoms in total. The number of rotatable bonds is 9. The van der Waals surface area contributed by atoms with Crippen molar-refractivity contribution < 1.29 is 14.4 Å². The summed E-state index contributed by atoms with van der Waals surface area (Å²) >= 11 is 0. The quantitative estimate of drug-likeness (QED) is 0.308. The van der Waals surface area contributed by atoms with E-state index in [0.717, 1.165) is 30.0 Å². The Hall–Kier alpha value is -3.96. The minimum Gasteiger partial charge on any atom is -0.497 e. The van der Waals surface area contributed by atoms with Crippen LogP contribution in [0.25, 0.3) is 0 Å². The van der Waals surface area contributed by atoms with Gasteiger partial charge in [-0.15, -0.1) is 0 Å². The summed E-state index contributed by atoms with van der Waals surface area (Å²) in [6, 6.07) is 15.3. The first-order chi connectivity index (χ1) is 16.9. The molecule has 4 N–H and O–H groups in total. The average Bonchev–Trinajstić information content (AvgIpc) is 2.86. The van der Waals surface area contributed by atoms with Crippen molar-refractivity contribution in [3.63, 3.8) is 0 Å². The number of aromatic nitrogens is 2. The van der Waals surface area contributed by atoms with Crippen LogP contribution in [-0.4, -0.2) is 59.7 Å². The van der Waals surface area contributed by atoms with Crippen LogP contribution in [0.5, 0.6) is 5.75 Å². The van der Waals surface area contributed by atoms with Crippen molar-refractivity contribution in [1.82, 2.24) is 14.9 Å². The maximum Gasteiger partial charge on any atom is 0.353 e. The summed E-state index contributed by atoms with van der Waals surface area (Å²) < 4.78 is 10.8. The SMILES string of the molecule is COc1ccc([C@@H](CNc2nc(N)c([N+](=O)[O-])c(Nc3ccc(C)cc3)n2)N2CCOCC2)cc1. The van der Waals surface area contributed by atoms with Crippen LogP contribution in [0.3, 0.4) is 0 Å². The highest BCUT2D eigenvalue weighted by Crippen LogP contribution is 2.32. The van der Waals surface area contributed by atoms with E-state index in [1.54, 1.807) is 7.11 Å². The summed E-state index contributed by atoms with van der Waals surface area (Å²) in [5.41, 5.74) is 8.44. The molecule has 11 heteroatoms. The molecular formula is C24H29N7O4. The molecule has 1 aliphatic heterocycles. The summed E-state index contributed by atoms with van der Waals surface area (Å²) in [6.07, 6.45) is 0. The number of morpholine rings is 1. The van der Waals surface area contributed by atoms with Gasteiger partial charge in [-0.05, 0) is 36.8 Å². The molecule has 0 radical (unpaired) electrons. The molecule has 3 aromatic rings. The second kappa shape index (κ2) is 11.0. The summed E-state index contributed by atoms with van der Waals surface area (Å²) in [4.78, 5) is 22.0. The van der Waals surface area contributed by atoms with Crippen LogP contribution < -0.4 is 21.1 Å². The number of methoxy groups -OCH3 is 1. The minimum absolute atomic E-state index is 0.00155. The van der Waals surface area contributed by atoms with Crippen molar-refractivity contribution in [2.45, 2.75) is 13.0 Å². The van der Waals surface area contributed by atoms with Gasteiger partial charge in [0.15, 0.2) is 0 Å². The van der Waals surface area contributed by atoms with E-state index in [2.05, 4.69) is 25.5 Å². The van der Waals surface area contributed by atoms with E-state index in [9.17, 15) is 10.1 Å². The van der Waals surface area contributed by atoms with Gasteiger partial charge in [-0.3, -0.25) is 15.0 Å². The monoisotopic (exact) mass is 479 g/mol. The Bertz CT molecular complexity index is 1150. The Labute approximate surface area is 203 Å². The highest BCUT2D eigenvalue weighted by Gasteiger charge is 2.26. The van der Waals surface area contributed by atoms with Crippen LogP contribution in [-0.2, 0) is 4.74 Å². The molecular weight excluding hydrogens is 450 g/mol. The van der Waals surface area contributed by atoms with E-state index in [1.807, 2.05) is 55.5 Å². The molecule has 0 saturated carbocycles. The van der Waals surface area contributed by atoms with Crippen molar-refractivity contribution >= 4 is 29.0 Å². The van der Waals surface area contributed by atoms with Gasteiger partial charge in [-0.1, -0.05) is 29.8 Å². The second-order valence-electron chi connectivity index (χ2n) is 8.20. The largest absolute Gasteiger partial charge is 0.497 e. The lowest BCUT2D eigenvalue weighted by molar-refractivity contribution is -0.383. The van der Waals surface area contributed by atoms with E-state index in [4.69, 9.17) is 15.2 Å². The molecule has 1 atom stereocenters. The van der Waals surface area contributed by atoms with Crippen LogP contribution >= 0.6 is 0 Å². The lowest BCUT2D eigenvalue weighted by Gasteiger charge is -2.35. The number of benzene rings is 2. The predicted molar refractivity (Wildman–Crippen MR) is 134 cm³/mol. The zero-order valence-corrected chi connectivity index (χ0v) is 19.7. The minimum atomic E-state index is -0.580. The van der Waals surface area contributed by atoms with Crippen LogP contribution in [0.15, 0.2) is 48.5 Å². The fraction of sp³-hybridized carbons (Fsp3) is 0.333. The lowest BCUT2D eigenvalue weighted by atomic mass is 10.0. The molecule has 4 rings (SSSR count). The van der Waals surface area contributed by atoms with Gasteiger partial charge >= 0.3 is 5.69 Å². The highest BCUT2D eigenvalue weighted by molar-refractivity contribution is 5.74. The van der Waals surface area contributed by atoms with Gasteiger partial charge < -0.3 is 25.8 Å². The lowest BCUT2D eigenvalue weighted by Crippen LogP contribution is -2.41. The molecule has 2 aromatic carbocycles. The predicted octanol–water partition coefficient (Wildman–Crippen LogP) is 3.51. The third-order valence-electron chi connectivity index (χ3n) is 5.85. The van der Waals surface area contributed by atoms with E-state index >= 15 is 0 Å². The maximum atomic E-state index is 11.7. The molecule has 0 unspecified atom stereocenters. The highest BCUT2D eigenvalue weighted by atomic mass is 16.6. The Balaban J connectivity index is 1.59. The number of nitrogens with one attached hydrogen (secondary N) is 2. The molecule has 0 aliphatic carbocycles. The van der Waals surface area contributed by atoms with Gasteiger partial charge in [-0.2, -0.15) is 9.97 Å². The van der Waals surface area contributed by atoms with Crippen LogP contribution in [0.1, 0.15) is 17.2 Å². The molecule has 0 amide bonds. The van der Waals surface area contributed by atoms with Crippen molar-refractivity contribution in [3.05, 3.63) is 69.8 Å². The first-order valence-corrected chi connectivity index (χ1v) is 11.3. The molecule has 1 saturated heterocycles. The number of nitro groups is 1. The number of aryl methyl sites for hydroxylation is 1. The number of nitrogens with two attached hydrogens (primary N) is 1. The van der Waals surface area contributed by atoms with E-state index < -0.39 is 4.92 Å². The summed E-state index contributed by atoms with van der Waals surface area (Å²) in [5, 5.41) is 17.9. The first-order valence-electron chi connectivity index (χ1n) is 11.3. The van der Waals surface area contributed by atoms with Crippen molar-refractivity contribution in [2.75, 3.05) is 56.3 Å². The van der Waals surface area contributed by atoms with Gasteiger partial charge in [0.25, 0.3) is 0 Å². The Kier molecular flexibility index (Phi) is 7.58. The first kappa shape index (κ1) is 24.2. The number of ether oxygens (including phenoxy) is 2. The normalized spacial score (nSPS) is 14.8. The summed E-state index contributed by atoms with van der Waals surface area (Å²) in [5.74, 6) is 0.797. The molecule has 2 heterocycles.